The van der Waals surface area contributed by atoms with Gasteiger partial charge in [0, 0.05) is 6.61 Å². The Hall–Kier alpha value is -1.06. The molecule has 0 saturated carbocycles. The summed E-state index contributed by atoms with van der Waals surface area (Å²) >= 11 is 0. The minimum Gasteiger partial charge on any atom is -0.365 e. The molecule has 82 valence electrons. The fourth-order valence-electron chi connectivity index (χ4n) is 0.830. The maximum Gasteiger partial charge on any atom is 0.491 e. The summed E-state index contributed by atoms with van der Waals surface area (Å²) in [4.78, 5) is 0. The Balaban J connectivity index is 2.78. The van der Waals surface area contributed by atoms with Crippen LogP contribution in [0.3, 0.4) is 0 Å². The smallest absolute Gasteiger partial charge is 0.365 e. The Bertz CT molecular complexity index is 326. The first-order valence-corrected chi connectivity index (χ1v) is 5.17. The van der Waals surface area contributed by atoms with Crippen LogP contribution in [0, 0.1) is 0 Å². The Morgan fingerprint density at radius 2 is 2.36 bits per heavy atom. The van der Waals surface area contributed by atoms with E-state index in [2.05, 4.69) is 13.7 Å². The third kappa shape index (κ3) is 2.47. The maximum absolute atomic E-state index is 10.8. The average Bonchev–Trinajstić information content (AvgIpc) is 2.10. The lowest BCUT2D eigenvalue weighted by molar-refractivity contribution is -0.145. The Morgan fingerprint density at radius 1 is 1.71 bits per heavy atom. The molecule has 1 rings (SSSR count). The van der Waals surface area contributed by atoms with Gasteiger partial charge in [-0.15, -0.1) is 4.28 Å². The van der Waals surface area contributed by atoms with Gasteiger partial charge in [0.1, 0.15) is 0 Å². The van der Waals surface area contributed by atoms with E-state index in [0.717, 1.165) is 5.06 Å². The number of nitrogens with zero attached hydrogens (tertiary/aromatic N) is 2. The van der Waals surface area contributed by atoms with E-state index in [1.54, 1.807) is 13.8 Å². The summed E-state index contributed by atoms with van der Waals surface area (Å²) in [5, 5.41) is 3.90. The predicted octanol–water partition coefficient (Wildman–Crippen LogP) is -0.893. The highest BCUT2D eigenvalue weighted by Gasteiger charge is 2.31. The highest BCUT2D eigenvalue weighted by molar-refractivity contribution is 7.81. The van der Waals surface area contributed by atoms with Gasteiger partial charge in [-0.2, -0.15) is 13.5 Å². The van der Waals surface area contributed by atoms with Gasteiger partial charge >= 0.3 is 10.4 Å². The minimum absolute atomic E-state index is 0.222. The quantitative estimate of drug-likeness (QED) is 0.664. The van der Waals surface area contributed by atoms with Gasteiger partial charge in [-0.3, -0.25) is 0 Å². The molecule has 0 radical (unpaired) electrons. The molecular formula is C5H11N3O5S. The van der Waals surface area contributed by atoms with E-state index in [9.17, 15) is 8.42 Å². The predicted molar refractivity (Wildman–Crippen MR) is 45.6 cm³/mol. The molecule has 0 aromatic heterocycles. The van der Waals surface area contributed by atoms with Crippen LogP contribution in [0.15, 0.2) is 5.16 Å². The molecule has 0 fully saturated rings. The van der Waals surface area contributed by atoms with Crippen molar-refractivity contribution >= 4 is 16.4 Å². The summed E-state index contributed by atoms with van der Waals surface area (Å²) in [5.74, 6) is -0.222. The number of hydrogen-bond acceptors (Lipinski definition) is 8. The molecule has 0 aliphatic carbocycles. The zero-order valence-electron chi connectivity index (χ0n) is 7.71. The van der Waals surface area contributed by atoms with Crippen molar-refractivity contribution in [1.29, 1.82) is 0 Å². The van der Waals surface area contributed by atoms with Crippen molar-refractivity contribution in [3.8, 4) is 0 Å². The number of hydrogen-bond donors (Lipinski definition) is 1. The first-order valence-electron chi connectivity index (χ1n) is 3.83. The minimum atomic E-state index is -4.15. The number of ether oxygens (including phenoxy) is 1. The lowest BCUT2D eigenvalue weighted by Crippen LogP contribution is -2.48. The van der Waals surface area contributed by atoms with Gasteiger partial charge < -0.3 is 10.5 Å². The molecule has 0 spiro atoms. The lowest BCUT2D eigenvalue weighted by atomic mass is 10.6. The zero-order chi connectivity index (χ0) is 10.8. The number of nitrogens with two attached hydrogens (primary N) is 1. The number of oxime groups is 1. The highest BCUT2D eigenvalue weighted by atomic mass is 32.3. The molecule has 0 bridgehead atoms. The van der Waals surface area contributed by atoms with Crippen molar-refractivity contribution in [2.45, 2.75) is 20.1 Å². The Kier molecular flexibility index (Phi) is 3.13. The van der Waals surface area contributed by atoms with Gasteiger partial charge in [-0.25, -0.2) is 4.28 Å². The van der Waals surface area contributed by atoms with Crippen molar-refractivity contribution in [3.63, 3.8) is 0 Å². The van der Waals surface area contributed by atoms with Crippen molar-refractivity contribution in [3.05, 3.63) is 0 Å². The molecule has 1 unspecified atom stereocenters. The monoisotopic (exact) mass is 225 g/mol. The molecule has 8 nitrogen and oxygen atoms in total. The third-order valence-corrected chi connectivity index (χ3v) is 1.96. The molecular weight excluding hydrogens is 214 g/mol. The van der Waals surface area contributed by atoms with Crippen LogP contribution in [0.2, 0.25) is 0 Å². The normalized spacial score (nSPS) is 22.4. The standard InChI is InChI=1S/C5H11N3O5S/c1-3-11-4(2)8-5(6)7-12-14(9,10)13-8/h4H,3H2,1-2H3,(H2,6,7). The molecule has 9 heteroatoms. The molecule has 1 aliphatic rings. The van der Waals surface area contributed by atoms with Gasteiger partial charge in [-0.05, 0) is 19.0 Å². The van der Waals surface area contributed by atoms with E-state index < -0.39 is 16.6 Å². The first kappa shape index (κ1) is 11.0. The summed E-state index contributed by atoms with van der Waals surface area (Å²) < 4.78 is 35.0. The number of rotatable bonds is 3. The summed E-state index contributed by atoms with van der Waals surface area (Å²) in [6.45, 7) is 3.70. The van der Waals surface area contributed by atoms with Crippen LogP contribution in [0.1, 0.15) is 13.8 Å². The lowest BCUT2D eigenvalue weighted by Gasteiger charge is -2.27. The van der Waals surface area contributed by atoms with Gasteiger partial charge in [0.25, 0.3) is 5.96 Å². The maximum atomic E-state index is 10.8. The zero-order valence-corrected chi connectivity index (χ0v) is 8.52. The van der Waals surface area contributed by atoms with Crippen molar-refractivity contribution in [2.24, 2.45) is 10.9 Å². The SMILES string of the molecule is CCOC(C)N1OS(=O)(=O)ON=C1N. The van der Waals surface area contributed by atoms with Crippen LogP contribution in [0.5, 0.6) is 0 Å². The van der Waals surface area contributed by atoms with Gasteiger partial charge in [-0.1, -0.05) is 0 Å². The van der Waals surface area contributed by atoms with Crippen molar-refractivity contribution in [2.75, 3.05) is 6.61 Å². The topological polar surface area (TPSA) is 103 Å². The van der Waals surface area contributed by atoms with Gasteiger partial charge in [0.05, 0.1) is 0 Å². The van der Waals surface area contributed by atoms with Gasteiger partial charge in [0.2, 0.25) is 0 Å². The fourth-order valence-corrected chi connectivity index (χ4v) is 1.42. The largest absolute Gasteiger partial charge is 0.491 e. The van der Waals surface area contributed by atoms with Crippen molar-refractivity contribution in [1.82, 2.24) is 5.06 Å². The summed E-state index contributed by atoms with van der Waals surface area (Å²) in [6, 6.07) is 0. The average molecular weight is 225 g/mol. The van der Waals surface area contributed by atoms with Crippen LogP contribution < -0.4 is 5.73 Å². The van der Waals surface area contributed by atoms with E-state index in [4.69, 9.17) is 10.5 Å². The third-order valence-electron chi connectivity index (χ3n) is 1.36. The van der Waals surface area contributed by atoms with Crippen LogP contribution in [0.25, 0.3) is 0 Å². The summed E-state index contributed by atoms with van der Waals surface area (Å²) in [7, 11) is -4.15. The summed E-state index contributed by atoms with van der Waals surface area (Å²) in [6.07, 6.45) is -0.664. The number of guanidine groups is 1. The molecule has 2 N–H and O–H groups in total. The van der Waals surface area contributed by atoms with E-state index in [0.29, 0.717) is 6.61 Å². The van der Waals surface area contributed by atoms with Crippen molar-refractivity contribution < 1.29 is 21.7 Å². The molecule has 1 aliphatic heterocycles. The second-order valence-corrected chi connectivity index (χ2v) is 3.50. The van der Waals surface area contributed by atoms with E-state index in [-0.39, 0.29) is 5.96 Å². The van der Waals surface area contributed by atoms with Crippen LogP contribution >= 0.6 is 0 Å². The van der Waals surface area contributed by atoms with E-state index >= 15 is 0 Å². The second kappa shape index (κ2) is 3.98. The van der Waals surface area contributed by atoms with Crippen LogP contribution in [-0.2, 0) is 23.7 Å². The fraction of sp³-hybridized carbons (Fsp3) is 0.800. The highest BCUT2D eigenvalue weighted by Crippen LogP contribution is 2.12. The Labute approximate surface area is 81.5 Å². The van der Waals surface area contributed by atoms with E-state index in [1.807, 2.05) is 0 Å². The molecule has 1 atom stereocenters. The van der Waals surface area contributed by atoms with Crippen LogP contribution in [-0.4, -0.2) is 32.3 Å². The molecule has 0 saturated heterocycles. The molecule has 0 amide bonds. The summed E-state index contributed by atoms with van der Waals surface area (Å²) in [5.41, 5.74) is 5.31. The van der Waals surface area contributed by atoms with E-state index in [1.165, 1.54) is 0 Å². The molecule has 0 aromatic carbocycles. The Morgan fingerprint density at radius 3 is 2.93 bits per heavy atom. The molecule has 14 heavy (non-hydrogen) atoms. The number of hydroxylamine groups is 2. The second-order valence-electron chi connectivity index (χ2n) is 2.39. The first-order chi connectivity index (χ1) is 6.46. The van der Waals surface area contributed by atoms with Crippen LogP contribution in [0.4, 0.5) is 0 Å². The molecule has 1 heterocycles. The van der Waals surface area contributed by atoms with Gasteiger partial charge in [0.15, 0.2) is 6.23 Å². The molecule has 0 aromatic rings.